The number of ether oxygens (including phenoxy) is 2. The zero-order valence-electron chi connectivity index (χ0n) is 15.3. The van der Waals surface area contributed by atoms with Crippen LogP contribution in [0.4, 0.5) is 0 Å². The summed E-state index contributed by atoms with van der Waals surface area (Å²) < 4.78 is 13.8. The lowest BCUT2D eigenvalue weighted by Gasteiger charge is -2.24. The van der Waals surface area contributed by atoms with E-state index in [0.717, 1.165) is 35.6 Å². The molecular formula is C19H28ClNO3S. The first-order valence-corrected chi connectivity index (χ1v) is 12.1. The number of aliphatic hydroxyl groups excluding tert-OH is 1. The summed E-state index contributed by atoms with van der Waals surface area (Å²) >= 11 is 6.36. The number of benzene rings is 1. The van der Waals surface area contributed by atoms with Gasteiger partial charge in [-0.15, -0.1) is 0 Å². The van der Waals surface area contributed by atoms with Crippen molar-refractivity contribution in [1.82, 2.24) is 4.57 Å². The monoisotopic (exact) mass is 385 g/mol. The normalized spacial score (nSPS) is 15.7. The number of halogens is 1. The van der Waals surface area contributed by atoms with Crippen LogP contribution in [0.1, 0.15) is 18.5 Å². The van der Waals surface area contributed by atoms with E-state index in [4.69, 9.17) is 21.1 Å². The first-order chi connectivity index (χ1) is 11.9. The van der Waals surface area contributed by atoms with Crippen LogP contribution in [-0.2, 0) is 18.1 Å². The highest BCUT2D eigenvalue weighted by atomic mass is 35.5. The second kappa shape index (κ2) is 7.78. The number of aliphatic hydroxyl groups is 1. The molecule has 0 radical (unpaired) electrons. The van der Waals surface area contributed by atoms with Gasteiger partial charge in [-0.05, 0) is 49.7 Å². The summed E-state index contributed by atoms with van der Waals surface area (Å²) in [5, 5.41) is 11.3. The van der Waals surface area contributed by atoms with Crippen LogP contribution in [0.5, 0.6) is 5.75 Å². The van der Waals surface area contributed by atoms with Gasteiger partial charge in [0.25, 0.3) is 0 Å². The van der Waals surface area contributed by atoms with E-state index in [9.17, 15) is 5.11 Å². The van der Waals surface area contributed by atoms with Crippen LogP contribution in [0.2, 0.25) is 5.02 Å². The molecule has 1 fully saturated rings. The number of hydrogen-bond donors (Lipinski definition) is 1. The van der Waals surface area contributed by atoms with E-state index in [1.165, 1.54) is 12.8 Å². The molecule has 0 bridgehead atoms. The second-order valence-electron chi connectivity index (χ2n) is 7.65. The predicted octanol–water partition coefficient (Wildman–Crippen LogP) is 4.24. The molecule has 1 saturated carbocycles. The minimum atomic E-state index is -0.566. The molecule has 3 rings (SSSR count). The van der Waals surface area contributed by atoms with Gasteiger partial charge >= 0.3 is 0 Å². The van der Waals surface area contributed by atoms with Gasteiger partial charge in [0.05, 0.1) is 30.4 Å². The molecular weight excluding hydrogens is 358 g/mol. The van der Waals surface area contributed by atoms with Gasteiger partial charge in [0, 0.05) is 22.9 Å². The Morgan fingerprint density at radius 2 is 2.00 bits per heavy atom. The van der Waals surface area contributed by atoms with Crippen LogP contribution in [-0.4, -0.2) is 47.4 Å². The molecule has 0 atom stereocenters. The number of rotatable bonds is 9. The lowest BCUT2D eigenvalue weighted by molar-refractivity contribution is 0.0877. The fourth-order valence-electron chi connectivity index (χ4n) is 2.67. The van der Waals surface area contributed by atoms with Crippen molar-refractivity contribution in [2.45, 2.75) is 26.2 Å². The van der Waals surface area contributed by atoms with Gasteiger partial charge < -0.3 is 19.1 Å². The average Bonchev–Trinajstić information content (AvgIpc) is 3.30. The molecule has 0 unspecified atom stereocenters. The molecule has 4 nitrogen and oxygen atoms in total. The Kier molecular flexibility index (Phi) is 5.88. The lowest BCUT2D eigenvalue weighted by atomic mass is 10.2. The second-order valence-corrected chi connectivity index (χ2v) is 12.6. The van der Waals surface area contributed by atoms with Crippen molar-refractivity contribution in [3.05, 3.63) is 28.9 Å². The van der Waals surface area contributed by atoms with Gasteiger partial charge in [0.15, 0.2) is 0 Å². The van der Waals surface area contributed by atoms with E-state index in [2.05, 4.69) is 18.8 Å². The van der Waals surface area contributed by atoms with Crippen molar-refractivity contribution in [3.63, 3.8) is 0 Å². The predicted molar refractivity (Wildman–Crippen MR) is 107 cm³/mol. The van der Waals surface area contributed by atoms with Crippen LogP contribution < -0.4 is 4.74 Å². The molecule has 1 aromatic carbocycles. The SMILES string of the molecule is CS(C)(C)CCOCn1c(CO)cc2cc(Cl)c(OCC3CC3)cc21. The highest BCUT2D eigenvalue weighted by Gasteiger charge is 2.22. The highest BCUT2D eigenvalue weighted by molar-refractivity contribution is 8.32. The Balaban J connectivity index is 1.77. The van der Waals surface area contributed by atoms with Gasteiger partial charge in [-0.2, -0.15) is 0 Å². The third-order valence-electron chi connectivity index (χ3n) is 4.43. The topological polar surface area (TPSA) is 43.6 Å². The fraction of sp³-hybridized carbons (Fsp3) is 0.579. The van der Waals surface area contributed by atoms with Crippen molar-refractivity contribution >= 4 is 32.5 Å². The summed E-state index contributed by atoms with van der Waals surface area (Å²) in [5.41, 5.74) is 1.82. The maximum atomic E-state index is 9.69. The van der Waals surface area contributed by atoms with Gasteiger partial charge in [0.2, 0.25) is 0 Å². The van der Waals surface area contributed by atoms with E-state index < -0.39 is 10.0 Å². The van der Waals surface area contributed by atoms with E-state index in [0.29, 0.717) is 23.4 Å². The van der Waals surface area contributed by atoms with Crippen LogP contribution >= 0.6 is 21.6 Å². The Morgan fingerprint density at radius 3 is 2.64 bits per heavy atom. The maximum absolute atomic E-state index is 9.69. The van der Waals surface area contributed by atoms with Crippen molar-refractivity contribution < 1.29 is 14.6 Å². The molecule has 6 heteroatoms. The van der Waals surface area contributed by atoms with Gasteiger partial charge in [0.1, 0.15) is 12.5 Å². The third kappa shape index (κ3) is 5.07. The number of nitrogens with zero attached hydrogens (tertiary/aromatic N) is 1. The summed E-state index contributed by atoms with van der Waals surface area (Å²) in [5.74, 6) is 2.46. The zero-order valence-corrected chi connectivity index (χ0v) is 16.8. The number of aromatic nitrogens is 1. The molecule has 0 amide bonds. The van der Waals surface area contributed by atoms with Gasteiger partial charge in [-0.3, -0.25) is 0 Å². The minimum absolute atomic E-state index is 0.0293. The zero-order chi connectivity index (χ0) is 18.0. The van der Waals surface area contributed by atoms with Crippen LogP contribution in [0.25, 0.3) is 10.9 Å². The molecule has 140 valence electrons. The first kappa shape index (κ1) is 18.9. The molecule has 0 spiro atoms. The van der Waals surface area contributed by atoms with Gasteiger partial charge in [-0.25, -0.2) is 10.0 Å². The summed E-state index contributed by atoms with van der Waals surface area (Å²) in [7, 11) is -0.566. The number of hydrogen-bond acceptors (Lipinski definition) is 3. The van der Waals surface area contributed by atoms with Crippen molar-refractivity contribution in [2.24, 2.45) is 5.92 Å². The Hall–Kier alpha value is -0.880. The van der Waals surface area contributed by atoms with Crippen LogP contribution in [0.15, 0.2) is 18.2 Å². The number of fused-ring (bicyclic) bond motifs is 1. The summed E-state index contributed by atoms with van der Waals surface area (Å²) in [6, 6.07) is 5.84. The molecule has 25 heavy (non-hydrogen) atoms. The molecule has 1 heterocycles. The Morgan fingerprint density at radius 1 is 1.24 bits per heavy atom. The van der Waals surface area contributed by atoms with Crippen LogP contribution in [0.3, 0.4) is 0 Å². The average molecular weight is 386 g/mol. The standard InChI is InChI=1S/C19H28ClNO3S/c1-25(2,3)7-6-23-13-21-16(11-22)8-15-9-17(20)19(10-18(15)21)24-12-14-4-5-14/h8-10,14,22H,4-7,11-13H2,1-3H3. The lowest BCUT2D eigenvalue weighted by Crippen LogP contribution is -2.11. The molecule has 0 saturated heterocycles. The molecule has 2 aromatic rings. The Labute approximate surface area is 156 Å². The molecule has 1 aliphatic rings. The molecule has 1 aromatic heterocycles. The summed E-state index contributed by atoms with van der Waals surface area (Å²) in [6.45, 7) is 1.85. The van der Waals surface area contributed by atoms with Gasteiger partial charge in [-0.1, -0.05) is 11.6 Å². The summed E-state index contributed by atoms with van der Waals surface area (Å²) in [4.78, 5) is 0. The highest BCUT2D eigenvalue weighted by Crippen LogP contribution is 2.36. The van der Waals surface area contributed by atoms with E-state index >= 15 is 0 Å². The molecule has 1 aliphatic carbocycles. The van der Waals surface area contributed by atoms with E-state index in [1.54, 1.807) is 0 Å². The third-order valence-corrected chi connectivity index (χ3v) is 6.12. The Bertz CT molecular complexity index is 734. The maximum Gasteiger partial charge on any atom is 0.140 e. The summed E-state index contributed by atoms with van der Waals surface area (Å²) in [6.07, 6.45) is 9.34. The van der Waals surface area contributed by atoms with Crippen LogP contribution in [0, 0.1) is 5.92 Å². The molecule has 0 aliphatic heterocycles. The molecule has 1 N–H and O–H groups in total. The minimum Gasteiger partial charge on any atom is -0.492 e. The quantitative estimate of drug-likeness (QED) is 0.656. The van der Waals surface area contributed by atoms with Crippen molar-refractivity contribution in [2.75, 3.05) is 37.7 Å². The largest absolute Gasteiger partial charge is 0.492 e. The van der Waals surface area contributed by atoms with Crippen molar-refractivity contribution in [3.8, 4) is 5.75 Å². The van der Waals surface area contributed by atoms with Crippen molar-refractivity contribution in [1.29, 1.82) is 0 Å². The van der Waals surface area contributed by atoms with E-state index in [1.807, 2.05) is 22.8 Å². The smallest absolute Gasteiger partial charge is 0.140 e. The van der Waals surface area contributed by atoms with E-state index in [-0.39, 0.29) is 6.61 Å². The fourth-order valence-corrected chi connectivity index (χ4v) is 3.52. The first-order valence-electron chi connectivity index (χ1n) is 8.66.